The summed E-state index contributed by atoms with van der Waals surface area (Å²) in [5, 5.41) is 0. The fraction of sp³-hybridized carbons (Fsp3) is 0.600. The van der Waals surface area contributed by atoms with Crippen molar-refractivity contribution in [2.75, 3.05) is 26.2 Å². The lowest BCUT2D eigenvalue weighted by Gasteiger charge is -2.36. The molecule has 1 aliphatic heterocycles. The smallest absolute Gasteiger partial charge is 0.0174 e. The van der Waals surface area contributed by atoms with Gasteiger partial charge >= 0.3 is 0 Å². The van der Waals surface area contributed by atoms with Crippen molar-refractivity contribution in [1.82, 2.24) is 4.90 Å². The molecule has 1 aromatic rings. The molecule has 4 N–H and O–H groups in total. The van der Waals surface area contributed by atoms with Crippen molar-refractivity contribution in [3.05, 3.63) is 34.9 Å². The average molecular weight is 247 g/mol. The molecule has 0 saturated carbocycles. The van der Waals surface area contributed by atoms with Crippen LogP contribution >= 0.6 is 0 Å². The van der Waals surface area contributed by atoms with E-state index in [4.69, 9.17) is 11.5 Å². The lowest BCUT2D eigenvalue weighted by Crippen LogP contribution is -2.47. The van der Waals surface area contributed by atoms with Crippen LogP contribution in [0, 0.1) is 13.8 Å². The molecule has 100 valence electrons. The molecule has 0 radical (unpaired) electrons. The maximum Gasteiger partial charge on any atom is 0.0174 e. The second-order valence-corrected chi connectivity index (χ2v) is 5.58. The number of rotatable bonds is 3. The summed E-state index contributed by atoms with van der Waals surface area (Å²) in [6.45, 7) is 8.08. The quantitative estimate of drug-likeness (QED) is 0.848. The molecule has 1 aromatic carbocycles. The molecule has 0 spiro atoms. The monoisotopic (exact) mass is 247 g/mol. The first-order valence-electron chi connectivity index (χ1n) is 6.85. The van der Waals surface area contributed by atoms with Gasteiger partial charge in [0, 0.05) is 32.2 Å². The molecule has 1 saturated heterocycles. The van der Waals surface area contributed by atoms with E-state index < -0.39 is 0 Å². The zero-order valence-corrected chi connectivity index (χ0v) is 11.5. The van der Waals surface area contributed by atoms with Gasteiger partial charge in [-0.3, -0.25) is 4.90 Å². The normalized spacial score (nSPS) is 25.3. The highest BCUT2D eigenvalue weighted by atomic mass is 15.2. The van der Waals surface area contributed by atoms with Gasteiger partial charge in [0.25, 0.3) is 0 Å². The first kappa shape index (κ1) is 13.5. The second kappa shape index (κ2) is 5.83. The van der Waals surface area contributed by atoms with Crippen molar-refractivity contribution in [1.29, 1.82) is 0 Å². The molecule has 1 fully saturated rings. The minimum Gasteiger partial charge on any atom is -0.329 e. The van der Waals surface area contributed by atoms with Crippen molar-refractivity contribution in [2.24, 2.45) is 11.5 Å². The Labute approximate surface area is 110 Å². The maximum absolute atomic E-state index is 6.17. The van der Waals surface area contributed by atoms with Gasteiger partial charge < -0.3 is 11.5 Å². The Morgan fingerprint density at radius 2 is 2.00 bits per heavy atom. The predicted molar refractivity (Wildman–Crippen MR) is 76.7 cm³/mol. The van der Waals surface area contributed by atoms with Crippen LogP contribution < -0.4 is 11.5 Å². The van der Waals surface area contributed by atoms with Gasteiger partial charge in [-0.15, -0.1) is 0 Å². The number of hydrogen-bond acceptors (Lipinski definition) is 3. The first-order valence-corrected chi connectivity index (χ1v) is 6.85. The summed E-state index contributed by atoms with van der Waals surface area (Å²) in [5.41, 5.74) is 16.0. The summed E-state index contributed by atoms with van der Waals surface area (Å²) in [4.78, 5) is 2.40. The van der Waals surface area contributed by atoms with Gasteiger partial charge in [0.2, 0.25) is 0 Å². The van der Waals surface area contributed by atoms with Crippen LogP contribution in [0.15, 0.2) is 18.2 Å². The highest BCUT2D eigenvalue weighted by Crippen LogP contribution is 2.27. The topological polar surface area (TPSA) is 55.3 Å². The molecule has 2 unspecified atom stereocenters. The van der Waals surface area contributed by atoms with E-state index in [0.717, 1.165) is 26.1 Å². The van der Waals surface area contributed by atoms with E-state index in [-0.39, 0.29) is 6.04 Å². The first-order chi connectivity index (χ1) is 8.60. The summed E-state index contributed by atoms with van der Waals surface area (Å²) < 4.78 is 0. The Morgan fingerprint density at radius 3 is 2.67 bits per heavy atom. The van der Waals surface area contributed by atoms with Crippen LogP contribution in [0.25, 0.3) is 0 Å². The number of likely N-dealkylation sites (tertiary alicyclic amines) is 1. The molecule has 1 aliphatic rings. The third-order valence-electron chi connectivity index (χ3n) is 4.01. The molecule has 1 heterocycles. The second-order valence-electron chi connectivity index (χ2n) is 5.58. The minimum atomic E-state index is 0.275. The molecule has 0 amide bonds. The summed E-state index contributed by atoms with van der Waals surface area (Å²) in [6.07, 6.45) is 1.09. The van der Waals surface area contributed by atoms with Crippen LogP contribution in [-0.4, -0.2) is 37.1 Å². The molecule has 3 heteroatoms. The number of benzene rings is 1. The Balaban J connectivity index is 2.13. The third kappa shape index (κ3) is 3.10. The van der Waals surface area contributed by atoms with Gasteiger partial charge in [-0.2, -0.15) is 0 Å². The van der Waals surface area contributed by atoms with Gasteiger partial charge in [0.05, 0.1) is 0 Å². The Kier molecular flexibility index (Phi) is 4.38. The number of nitrogens with zero attached hydrogens (tertiary/aromatic N) is 1. The van der Waals surface area contributed by atoms with Crippen LogP contribution in [0.3, 0.4) is 0 Å². The lowest BCUT2D eigenvalue weighted by atomic mass is 9.87. The molecular formula is C15H25N3. The van der Waals surface area contributed by atoms with Crippen LogP contribution in [0.4, 0.5) is 0 Å². The Bertz CT molecular complexity index is 403. The molecule has 2 atom stereocenters. The summed E-state index contributed by atoms with van der Waals surface area (Å²) in [6, 6.07) is 7.07. The van der Waals surface area contributed by atoms with Crippen molar-refractivity contribution in [3.8, 4) is 0 Å². The standard InChI is InChI=1S/C15H25N3/c1-11-3-4-13(7-12(11)2)14-8-15(17)10-18(9-14)6-5-16/h3-4,7,14-15H,5-6,8-10,16-17H2,1-2H3. The molecule has 3 nitrogen and oxygen atoms in total. The van der Waals surface area contributed by atoms with Crippen LogP contribution in [0.1, 0.15) is 29.0 Å². The Hall–Kier alpha value is -0.900. The van der Waals surface area contributed by atoms with E-state index in [1.807, 2.05) is 0 Å². The fourth-order valence-electron chi connectivity index (χ4n) is 2.86. The van der Waals surface area contributed by atoms with Gasteiger partial charge in [-0.1, -0.05) is 18.2 Å². The molecule has 18 heavy (non-hydrogen) atoms. The summed E-state index contributed by atoms with van der Waals surface area (Å²) >= 11 is 0. The largest absolute Gasteiger partial charge is 0.329 e. The van der Waals surface area contributed by atoms with E-state index in [2.05, 4.69) is 36.9 Å². The van der Waals surface area contributed by atoms with Crippen molar-refractivity contribution < 1.29 is 0 Å². The van der Waals surface area contributed by atoms with Crippen LogP contribution in [-0.2, 0) is 0 Å². The molecule has 2 rings (SSSR count). The highest BCUT2D eigenvalue weighted by Gasteiger charge is 2.25. The zero-order chi connectivity index (χ0) is 13.1. The molecule has 0 aliphatic carbocycles. The van der Waals surface area contributed by atoms with Crippen molar-refractivity contribution >= 4 is 0 Å². The van der Waals surface area contributed by atoms with Gasteiger partial charge in [-0.25, -0.2) is 0 Å². The number of hydrogen-bond donors (Lipinski definition) is 2. The van der Waals surface area contributed by atoms with E-state index in [0.29, 0.717) is 12.5 Å². The fourth-order valence-corrected chi connectivity index (χ4v) is 2.86. The molecular weight excluding hydrogens is 222 g/mol. The highest BCUT2D eigenvalue weighted by molar-refractivity contribution is 5.32. The SMILES string of the molecule is Cc1ccc(C2CC(N)CN(CCN)C2)cc1C. The van der Waals surface area contributed by atoms with Crippen LogP contribution in [0.5, 0.6) is 0 Å². The third-order valence-corrected chi connectivity index (χ3v) is 4.01. The van der Waals surface area contributed by atoms with E-state index in [9.17, 15) is 0 Å². The Morgan fingerprint density at radius 1 is 1.22 bits per heavy atom. The summed E-state index contributed by atoms with van der Waals surface area (Å²) in [5.74, 6) is 0.555. The van der Waals surface area contributed by atoms with E-state index in [1.165, 1.54) is 16.7 Å². The van der Waals surface area contributed by atoms with Crippen molar-refractivity contribution in [2.45, 2.75) is 32.2 Å². The van der Waals surface area contributed by atoms with Gasteiger partial charge in [0.1, 0.15) is 0 Å². The maximum atomic E-state index is 6.17. The van der Waals surface area contributed by atoms with Crippen LogP contribution in [0.2, 0.25) is 0 Å². The lowest BCUT2D eigenvalue weighted by molar-refractivity contribution is 0.193. The molecule has 0 bridgehead atoms. The van der Waals surface area contributed by atoms with Gasteiger partial charge in [-0.05, 0) is 42.9 Å². The molecule has 0 aromatic heterocycles. The van der Waals surface area contributed by atoms with E-state index in [1.54, 1.807) is 0 Å². The summed E-state index contributed by atoms with van der Waals surface area (Å²) in [7, 11) is 0. The number of nitrogens with two attached hydrogens (primary N) is 2. The predicted octanol–water partition coefficient (Wildman–Crippen LogP) is 1.38. The number of piperidine rings is 1. The number of aryl methyl sites for hydroxylation is 2. The average Bonchev–Trinajstić information content (AvgIpc) is 2.32. The van der Waals surface area contributed by atoms with E-state index >= 15 is 0 Å². The van der Waals surface area contributed by atoms with Gasteiger partial charge in [0.15, 0.2) is 0 Å². The minimum absolute atomic E-state index is 0.275. The van der Waals surface area contributed by atoms with Crippen molar-refractivity contribution in [3.63, 3.8) is 0 Å². The zero-order valence-electron chi connectivity index (χ0n) is 11.5.